The molecule has 1 heterocycles. The highest BCUT2D eigenvalue weighted by molar-refractivity contribution is 7.98. The molecule has 2 rings (SSSR count). The van der Waals surface area contributed by atoms with Crippen molar-refractivity contribution in [2.45, 2.75) is 31.2 Å². The molecular formula is C15H20N2S2. The number of hydrogen-bond acceptors (Lipinski definition) is 4. The van der Waals surface area contributed by atoms with Crippen LogP contribution in [-0.4, -0.2) is 18.3 Å². The van der Waals surface area contributed by atoms with Crippen molar-refractivity contribution in [2.24, 2.45) is 0 Å². The fourth-order valence-corrected chi connectivity index (χ4v) is 3.41. The number of rotatable bonds is 5. The summed E-state index contributed by atoms with van der Waals surface area (Å²) in [7, 11) is 2.01. The summed E-state index contributed by atoms with van der Waals surface area (Å²) in [6.07, 6.45) is 3.06. The molecule has 0 saturated carbocycles. The van der Waals surface area contributed by atoms with Crippen LogP contribution >= 0.6 is 23.1 Å². The van der Waals surface area contributed by atoms with Gasteiger partial charge in [0.05, 0.1) is 10.7 Å². The second-order valence-electron chi connectivity index (χ2n) is 4.57. The molecule has 1 N–H and O–H groups in total. The zero-order chi connectivity index (χ0) is 13.8. The van der Waals surface area contributed by atoms with E-state index in [4.69, 9.17) is 0 Å². The zero-order valence-corrected chi connectivity index (χ0v) is 13.5. The van der Waals surface area contributed by atoms with Gasteiger partial charge in [0.15, 0.2) is 0 Å². The summed E-state index contributed by atoms with van der Waals surface area (Å²) in [6.45, 7) is 4.22. The lowest BCUT2D eigenvalue weighted by Crippen LogP contribution is -2.18. The Morgan fingerprint density at radius 1 is 1.26 bits per heavy atom. The Balaban J connectivity index is 2.14. The average Bonchev–Trinajstić information content (AvgIpc) is 2.75. The number of thioether (sulfide) groups is 1. The van der Waals surface area contributed by atoms with Gasteiger partial charge in [-0.1, -0.05) is 12.1 Å². The van der Waals surface area contributed by atoms with Gasteiger partial charge in [0, 0.05) is 22.2 Å². The average molecular weight is 292 g/mol. The molecule has 0 fully saturated rings. The summed E-state index contributed by atoms with van der Waals surface area (Å²) in [5.74, 6) is 0. The first kappa shape index (κ1) is 14.6. The summed E-state index contributed by atoms with van der Waals surface area (Å²) in [5, 5.41) is 4.60. The van der Waals surface area contributed by atoms with E-state index in [-0.39, 0.29) is 0 Å². The summed E-state index contributed by atoms with van der Waals surface area (Å²) in [4.78, 5) is 7.26. The van der Waals surface area contributed by atoms with Gasteiger partial charge in [0.2, 0.25) is 0 Å². The molecular weight excluding hydrogens is 272 g/mol. The van der Waals surface area contributed by atoms with Gasteiger partial charge in [-0.25, -0.2) is 4.98 Å². The summed E-state index contributed by atoms with van der Waals surface area (Å²) in [6, 6.07) is 9.12. The Morgan fingerprint density at radius 2 is 1.95 bits per heavy atom. The van der Waals surface area contributed by atoms with Gasteiger partial charge in [0.25, 0.3) is 0 Å². The van der Waals surface area contributed by atoms with E-state index >= 15 is 0 Å². The van der Waals surface area contributed by atoms with Crippen LogP contribution in [0.4, 0.5) is 0 Å². The van der Waals surface area contributed by atoms with Crippen LogP contribution in [0.2, 0.25) is 0 Å². The Labute approximate surface area is 123 Å². The van der Waals surface area contributed by atoms with Crippen molar-refractivity contribution >= 4 is 23.1 Å². The highest BCUT2D eigenvalue weighted by Gasteiger charge is 2.13. The van der Waals surface area contributed by atoms with Gasteiger partial charge in [-0.05, 0) is 44.8 Å². The fraction of sp³-hybridized carbons (Fsp3) is 0.400. The zero-order valence-electron chi connectivity index (χ0n) is 11.9. The second-order valence-corrected chi connectivity index (χ2v) is 6.74. The van der Waals surface area contributed by atoms with Gasteiger partial charge < -0.3 is 5.32 Å². The third kappa shape index (κ3) is 3.59. The number of hydrogen-bond donors (Lipinski definition) is 1. The van der Waals surface area contributed by atoms with E-state index in [2.05, 4.69) is 54.7 Å². The normalized spacial score (nSPS) is 12.6. The highest BCUT2D eigenvalue weighted by atomic mass is 32.2. The number of benzene rings is 1. The second kappa shape index (κ2) is 6.55. The minimum Gasteiger partial charge on any atom is -0.313 e. The Kier molecular flexibility index (Phi) is 5.02. The van der Waals surface area contributed by atoms with E-state index in [9.17, 15) is 0 Å². The molecule has 0 radical (unpaired) electrons. The molecule has 0 aliphatic carbocycles. The first-order valence-corrected chi connectivity index (χ1v) is 8.42. The maximum Gasteiger partial charge on any atom is 0.0949 e. The lowest BCUT2D eigenvalue weighted by Gasteiger charge is -2.15. The number of aromatic nitrogens is 1. The Bertz CT molecular complexity index is 512. The molecule has 0 aliphatic rings. The quantitative estimate of drug-likeness (QED) is 0.844. The minimum atomic E-state index is 0.334. The van der Waals surface area contributed by atoms with Crippen LogP contribution in [0.25, 0.3) is 0 Å². The fourth-order valence-electron chi connectivity index (χ4n) is 2.02. The number of aryl methyl sites for hydroxylation is 2. The molecule has 0 amide bonds. The summed E-state index contributed by atoms with van der Waals surface area (Å²) >= 11 is 3.58. The number of thiazole rings is 1. The lowest BCUT2D eigenvalue weighted by atomic mass is 10.0. The van der Waals surface area contributed by atoms with E-state index < -0.39 is 0 Å². The van der Waals surface area contributed by atoms with Gasteiger partial charge in [0.1, 0.15) is 0 Å². The molecule has 0 spiro atoms. The van der Waals surface area contributed by atoms with Crippen LogP contribution in [0.3, 0.4) is 0 Å². The van der Waals surface area contributed by atoms with Crippen molar-refractivity contribution in [1.82, 2.24) is 10.3 Å². The van der Waals surface area contributed by atoms with Gasteiger partial charge in [-0.15, -0.1) is 23.1 Å². The van der Waals surface area contributed by atoms with Crippen LogP contribution in [0.1, 0.15) is 27.2 Å². The third-order valence-corrected chi connectivity index (χ3v) is 5.16. The molecule has 2 aromatic rings. The van der Waals surface area contributed by atoms with E-state index in [1.165, 1.54) is 20.3 Å². The van der Waals surface area contributed by atoms with E-state index in [1.807, 2.05) is 7.05 Å². The smallest absolute Gasteiger partial charge is 0.0949 e. The molecule has 1 aromatic heterocycles. The van der Waals surface area contributed by atoms with Gasteiger partial charge in [-0.3, -0.25) is 0 Å². The Morgan fingerprint density at radius 3 is 2.42 bits per heavy atom. The molecule has 1 atom stereocenters. The lowest BCUT2D eigenvalue weighted by molar-refractivity contribution is 0.589. The van der Waals surface area contributed by atoms with E-state index in [0.29, 0.717) is 6.04 Å². The number of likely N-dealkylation sites (N-methyl/N-ethyl adjacent to an activating group) is 1. The van der Waals surface area contributed by atoms with Crippen LogP contribution in [-0.2, 0) is 6.42 Å². The molecule has 4 heteroatoms. The molecule has 0 saturated heterocycles. The molecule has 1 unspecified atom stereocenters. The van der Waals surface area contributed by atoms with Crippen molar-refractivity contribution in [3.05, 3.63) is 45.4 Å². The standard InChI is InChI=1S/C15H20N2S2/c1-10-11(2)19-15(17-10)9-14(16-3)12-5-7-13(18-4)8-6-12/h5-8,14,16H,9H2,1-4H3. The topological polar surface area (TPSA) is 24.9 Å². The van der Waals surface area contributed by atoms with Crippen LogP contribution in [0.5, 0.6) is 0 Å². The van der Waals surface area contributed by atoms with Crippen LogP contribution < -0.4 is 5.32 Å². The molecule has 0 bridgehead atoms. The molecule has 102 valence electrons. The predicted molar refractivity (Wildman–Crippen MR) is 85.3 cm³/mol. The third-order valence-electron chi connectivity index (χ3n) is 3.32. The van der Waals surface area contributed by atoms with Crippen molar-refractivity contribution < 1.29 is 0 Å². The molecule has 2 nitrogen and oxygen atoms in total. The van der Waals surface area contributed by atoms with Crippen LogP contribution in [0, 0.1) is 13.8 Å². The molecule has 19 heavy (non-hydrogen) atoms. The maximum atomic E-state index is 4.63. The largest absolute Gasteiger partial charge is 0.313 e. The van der Waals surface area contributed by atoms with Gasteiger partial charge in [-0.2, -0.15) is 0 Å². The van der Waals surface area contributed by atoms with Crippen molar-refractivity contribution in [2.75, 3.05) is 13.3 Å². The number of nitrogens with zero attached hydrogens (tertiary/aromatic N) is 1. The minimum absolute atomic E-state index is 0.334. The van der Waals surface area contributed by atoms with Crippen LogP contribution in [0.15, 0.2) is 29.2 Å². The van der Waals surface area contributed by atoms with Crippen molar-refractivity contribution in [1.29, 1.82) is 0 Å². The van der Waals surface area contributed by atoms with Crippen molar-refractivity contribution in [3.63, 3.8) is 0 Å². The number of nitrogens with one attached hydrogen (secondary N) is 1. The van der Waals surface area contributed by atoms with E-state index in [1.54, 1.807) is 23.1 Å². The first-order chi connectivity index (χ1) is 9.13. The highest BCUT2D eigenvalue weighted by Crippen LogP contribution is 2.25. The monoisotopic (exact) mass is 292 g/mol. The first-order valence-electron chi connectivity index (χ1n) is 6.38. The molecule has 0 aliphatic heterocycles. The SMILES string of the molecule is CNC(Cc1nc(C)c(C)s1)c1ccc(SC)cc1. The Hall–Kier alpha value is -0.840. The van der Waals surface area contributed by atoms with Gasteiger partial charge >= 0.3 is 0 Å². The summed E-state index contributed by atoms with van der Waals surface area (Å²) in [5.41, 5.74) is 2.48. The summed E-state index contributed by atoms with van der Waals surface area (Å²) < 4.78 is 0. The maximum absolute atomic E-state index is 4.63. The predicted octanol–water partition coefficient (Wildman–Crippen LogP) is 3.99. The molecule has 1 aromatic carbocycles. The van der Waals surface area contributed by atoms with Crippen molar-refractivity contribution in [3.8, 4) is 0 Å². The van der Waals surface area contributed by atoms with E-state index in [0.717, 1.165) is 12.1 Å².